The standard InChI is InChI=1S/C15H15NS/c1-12-4-10-15(17-12)11-7-13-5-8-14(9-6-13)16(2)3/h4-6,8-10H,1-3H3. The summed E-state index contributed by atoms with van der Waals surface area (Å²) in [5, 5.41) is 0. The molecule has 0 spiro atoms. The summed E-state index contributed by atoms with van der Waals surface area (Å²) in [4.78, 5) is 4.51. The summed E-state index contributed by atoms with van der Waals surface area (Å²) in [6, 6.07) is 12.5. The van der Waals surface area contributed by atoms with Gasteiger partial charge in [-0.1, -0.05) is 11.8 Å². The second kappa shape index (κ2) is 5.07. The van der Waals surface area contributed by atoms with E-state index in [9.17, 15) is 0 Å². The Morgan fingerprint density at radius 3 is 2.18 bits per heavy atom. The van der Waals surface area contributed by atoms with Crippen molar-refractivity contribution in [3.8, 4) is 11.8 Å². The van der Waals surface area contributed by atoms with Crippen LogP contribution in [-0.4, -0.2) is 14.1 Å². The van der Waals surface area contributed by atoms with Crippen molar-refractivity contribution in [1.82, 2.24) is 0 Å². The van der Waals surface area contributed by atoms with Gasteiger partial charge in [-0.25, -0.2) is 0 Å². The molecule has 2 aromatic rings. The van der Waals surface area contributed by atoms with Crippen molar-refractivity contribution in [2.75, 3.05) is 19.0 Å². The Bertz CT molecular complexity index is 553. The van der Waals surface area contributed by atoms with Crippen LogP contribution in [0.15, 0.2) is 36.4 Å². The molecule has 1 heterocycles. The number of benzene rings is 1. The van der Waals surface area contributed by atoms with Crippen LogP contribution in [0, 0.1) is 18.8 Å². The van der Waals surface area contributed by atoms with Crippen LogP contribution in [0.5, 0.6) is 0 Å². The van der Waals surface area contributed by atoms with Crippen molar-refractivity contribution in [3.05, 3.63) is 51.7 Å². The molecule has 0 bridgehead atoms. The normalized spacial score (nSPS) is 9.59. The predicted molar refractivity (Wildman–Crippen MR) is 75.8 cm³/mol. The van der Waals surface area contributed by atoms with Crippen LogP contribution in [-0.2, 0) is 0 Å². The van der Waals surface area contributed by atoms with Crippen LogP contribution in [0.3, 0.4) is 0 Å². The molecule has 0 atom stereocenters. The van der Waals surface area contributed by atoms with E-state index in [0.29, 0.717) is 0 Å². The third kappa shape index (κ3) is 3.12. The van der Waals surface area contributed by atoms with E-state index in [-0.39, 0.29) is 0 Å². The zero-order valence-electron chi connectivity index (χ0n) is 10.3. The number of nitrogens with zero attached hydrogens (tertiary/aromatic N) is 1. The molecule has 1 aromatic heterocycles. The molecule has 0 saturated carbocycles. The topological polar surface area (TPSA) is 3.24 Å². The maximum atomic E-state index is 3.19. The average Bonchev–Trinajstić information content (AvgIpc) is 2.73. The molecule has 1 aromatic carbocycles. The number of anilines is 1. The summed E-state index contributed by atoms with van der Waals surface area (Å²) in [5.74, 6) is 6.37. The number of thiophene rings is 1. The van der Waals surface area contributed by atoms with Gasteiger partial charge in [-0.15, -0.1) is 11.3 Å². The Labute approximate surface area is 107 Å². The smallest absolute Gasteiger partial charge is 0.0775 e. The van der Waals surface area contributed by atoms with Crippen molar-refractivity contribution >= 4 is 17.0 Å². The fourth-order valence-corrected chi connectivity index (χ4v) is 2.20. The van der Waals surface area contributed by atoms with Crippen LogP contribution < -0.4 is 4.90 Å². The first-order chi connectivity index (χ1) is 8.15. The van der Waals surface area contributed by atoms with Gasteiger partial charge in [0.15, 0.2) is 0 Å². The first-order valence-electron chi connectivity index (χ1n) is 5.51. The largest absolute Gasteiger partial charge is 0.378 e. The Morgan fingerprint density at radius 2 is 1.65 bits per heavy atom. The molecule has 0 aliphatic rings. The van der Waals surface area contributed by atoms with Gasteiger partial charge < -0.3 is 4.90 Å². The van der Waals surface area contributed by atoms with Gasteiger partial charge in [-0.05, 0) is 43.3 Å². The van der Waals surface area contributed by atoms with E-state index in [2.05, 4.69) is 60.1 Å². The minimum Gasteiger partial charge on any atom is -0.378 e. The minimum atomic E-state index is 1.06. The highest BCUT2D eigenvalue weighted by molar-refractivity contribution is 7.12. The Kier molecular flexibility index (Phi) is 3.51. The molecule has 2 rings (SSSR count). The zero-order valence-corrected chi connectivity index (χ0v) is 11.1. The highest BCUT2D eigenvalue weighted by Gasteiger charge is 1.94. The first-order valence-corrected chi connectivity index (χ1v) is 6.32. The molecular weight excluding hydrogens is 226 g/mol. The van der Waals surface area contributed by atoms with Gasteiger partial charge in [0.05, 0.1) is 4.88 Å². The highest BCUT2D eigenvalue weighted by atomic mass is 32.1. The Hall–Kier alpha value is -1.72. The van der Waals surface area contributed by atoms with Crippen LogP contribution in [0.2, 0.25) is 0 Å². The predicted octanol–water partition coefficient (Wildman–Crippen LogP) is 3.52. The number of hydrogen-bond acceptors (Lipinski definition) is 2. The van der Waals surface area contributed by atoms with Gasteiger partial charge in [-0.3, -0.25) is 0 Å². The summed E-state index contributed by atoms with van der Waals surface area (Å²) in [6.45, 7) is 2.10. The summed E-state index contributed by atoms with van der Waals surface area (Å²) in [6.07, 6.45) is 0. The van der Waals surface area contributed by atoms with Crippen LogP contribution in [0.1, 0.15) is 15.3 Å². The summed E-state index contributed by atoms with van der Waals surface area (Å²) >= 11 is 1.73. The lowest BCUT2D eigenvalue weighted by Gasteiger charge is -2.11. The van der Waals surface area contributed by atoms with Gasteiger partial charge in [-0.2, -0.15) is 0 Å². The number of aryl methyl sites for hydroxylation is 1. The lowest BCUT2D eigenvalue weighted by Crippen LogP contribution is -2.07. The molecule has 0 N–H and O–H groups in total. The number of rotatable bonds is 1. The first kappa shape index (κ1) is 11.8. The van der Waals surface area contributed by atoms with E-state index in [0.717, 1.165) is 10.4 Å². The maximum Gasteiger partial charge on any atom is 0.0775 e. The van der Waals surface area contributed by atoms with E-state index in [1.54, 1.807) is 11.3 Å². The van der Waals surface area contributed by atoms with Gasteiger partial charge >= 0.3 is 0 Å². The van der Waals surface area contributed by atoms with Crippen LogP contribution >= 0.6 is 11.3 Å². The minimum absolute atomic E-state index is 1.06. The molecule has 0 fully saturated rings. The maximum absolute atomic E-state index is 3.19. The van der Waals surface area contributed by atoms with Crippen molar-refractivity contribution in [1.29, 1.82) is 0 Å². The zero-order chi connectivity index (χ0) is 12.3. The molecule has 0 aliphatic carbocycles. The van der Waals surface area contributed by atoms with Crippen molar-refractivity contribution < 1.29 is 0 Å². The monoisotopic (exact) mass is 241 g/mol. The van der Waals surface area contributed by atoms with Gasteiger partial charge in [0.25, 0.3) is 0 Å². The highest BCUT2D eigenvalue weighted by Crippen LogP contribution is 2.14. The van der Waals surface area contributed by atoms with Crippen molar-refractivity contribution in [2.45, 2.75) is 6.92 Å². The summed E-state index contributed by atoms with van der Waals surface area (Å²) < 4.78 is 0. The lowest BCUT2D eigenvalue weighted by molar-refractivity contribution is 1.13. The molecule has 0 amide bonds. The van der Waals surface area contributed by atoms with Crippen molar-refractivity contribution in [2.24, 2.45) is 0 Å². The molecule has 1 nitrogen and oxygen atoms in total. The molecule has 0 unspecified atom stereocenters. The fourth-order valence-electron chi connectivity index (χ4n) is 1.48. The molecule has 86 valence electrons. The average molecular weight is 241 g/mol. The molecule has 0 radical (unpaired) electrons. The Balaban J connectivity index is 2.17. The molecule has 0 saturated heterocycles. The van der Waals surface area contributed by atoms with Gasteiger partial charge in [0.1, 0.15) is 0 Å². The quantitative estimate of drug-likeness (QED) is 0.690. The van der Waals surface area contributed by atoms with Crippen LogP contribution in [0.25, 0.3) is 0 Å². The summed E-state index contributed by atoms with van der Waals surface area (Å²) in [7, 11) is 4.07. The second-order valence-electron chi connectivity index (χ2n) is 4.10. The molecule has 2 heteroatoms. The van der Waals surface area contributed by atoms with Gasteiger partial charge in [0, 0.05) is 30.2 Å². The fraction of sp³-hybridized carbons (Fsp3) is 0.200. The van der Waals surface area contributed by atoms with E-state index in [1.807, 2.05) is 14.1 Å². The second-order valence-corrected chi connectivity index (χ2v) is 5.39. The molecule has 0 aliphatic heterocycles. The Morgan fingerprint density at radius 1 is 0.941 bits per heavy atom. The van der Waals surface area contributed by atoms with E-state index in [4.69, 9.17) is 0 Å². The third-order valence-electron chi connectivity index (χ3n) is 2.45. The van der Waals surface area contributed by atoms with E-state index >= 15 is 0 Å². The van der Waals surface area contributed by atoms with E-state index < -0.39 is 0 Å². The number of hydrogen-bond donors (Lipinski definition) is 0. The van der Waals surface area contributed by atoms with Crippen molar-refractivity contribution in [3.63, 3.8) is 0 Å². The van der Waals surface area contributed by atoms with Gasteiger partial charge in [0.2, 0.25) is 0 Å². The summed E-state index contributed by atoms with van der Waals surface area (Å²) in [5.41, 5.74) is 2.25. The molecular formula is C15H15NS. The molecule has 17 heavy (non-hydrogen) atoms. The van der Waals surface area contributed by atoms with E-state index in [1.165, 1.54) is 10.6 Å². The lowest BCUT2D eigenvalue weighted by atomic mass is 10.2. The third-order valence-corrected chi connectivity index (χ3v) is 3.37. The van der Waals surface area contributed by atoms with Crippen LogP contribution in [0.4, 0.5) is 5.69 Å². The SMILES string of the molecule is Cc1ccc(C#Cc2ccc(N(C)C)cc2)s1.